The molecule has 0 saturated heterocycles. The van der Waals surface area contributed by atoms with Crippen molar-refractivity contribution in [1.82, 2.24) is 5.32 Å². The molecule has 2 rings (SSSR count). The van der Waals surface area contributed by atoms with Gasteiger partial charge in [0.15, 0.2) is 0 Å². The number of esters is 1. The molecule has 0 bridgehead atoms. The van der Waals surface area contributed by atoms with E-state index in [0.29, 0.717) is 18.7 Å². The number of benzene rings is 2. The molecule has 0 aromatic heterocycles. The predicted molar refractivity (Wildman–Crippen MR) is 95.8 cm³/mol. The molecule has 0 aliphatic heterocycles. The molecule has 130 valence electrons. The van der Waals surface area contributed by atoms with Crippen molar-refractivity contribution in [2.24, 2.45) is 0 Å². The van der Waals surface area contributed by atoms with Gasteiger partial charge in [-0.3, -0.25) is 4.79 Å². The zero-order valence-corrected chi connectivity index (χ0v) is 14.3. The van der Waals surface area contributed by atoms with E-state index in [1.807, 2.05) is 24.3 Å². The standard InChI is InChI=1S/C20H21NO4/c1-24-14-18-6-4-3-5-17(18)13-21-19(22)12-9-15-7-10-16(11-8-15)20(23)25-2/h3-12H,13-14H2,1-2H3,(H,21,22)/b12-9+. The summed E-state index contributed by atoms with van der Waals surface area (Å²) in [6.07, 6.45) is 3.16. The van der Waals surface area contributed by atoms with Crippen molar-refractivity contribution in [3.05, 3.63) is 76.9 Å². The molecule has 5 nitrogen and oxygen atoms in total. The van der Waals surface area contributed by atoms with Crippen LogP contribution < -0.4 is 5.32 Å². The normalized spacial score (nSPS) is 10.6. The van der Waals surface area contributed by atoms with Gasteiger partial charge in [0.05, 0.1) is 19.3 Å². The van der Waals surface area contributed by atoms with Crippen LogP contribution in [0.2, 0.25) is 0 Å². The van der Waals surface area contributed by atoms with Crippen molar-refractivity contribution < 1.29 is 19.1 Å². The number of carbonyl (C=O) groups excluding carboxylic acids is 2. The Morgan fingerprint density at radius 3 is 2.32 bits per heavy atom. The molecule has 25 heavy (non-hydrogen) atoms. The van der Waals surface area contributed by atoms with E-state index in [2.05, 4.69) is 10.1 Å². The summed E-state index contributed by atoms with van der Waals surface area (Å²) >= 11 is 0. The fraction of sp³-hybridized carbons (Fsp3) is 0.200. The van der Waals surface area contributed by atoms with Crippen molar-refractivity contribution in [2.45, 2.75) is 13.2 Å². The molecule has 0 unspecified atom stereocenters. The lowest BCUT2D eigenvalue weighted by molar-refractivity contribution is -0.116. The third-order valence-electron chi connectivity index (χ3n) is 3.63. The van der Waals surface area contributed by atoms with E-state index in [9.17, 15) is 9.59 Å². The Morgan fingerprint density at radius 1 is 1.00 bits per heavy atom. The van der Waals surface area contributed by atoms with Crippen molar-refractivity contribution in [1.29, 1.82) is 0 Å². The van der Waals surface area contributed by atoms with Gasteiger partial charge < -0.3 is 14.8 Å². The van der Waals surface area contributed by atoms with Crippen LogP contribution in [0.25, 0.3) is 6.08 Å². The summed E-state index contributed by atoms with van der Waals surface area (Å²) in [7, 11) is 2.98. The van der Waals surface area contributed by atoms with Crippen LogP contribution in [-0.4, -0.2) is 26.1 Å². The maximum absolute atomic E-state index is 12.0. The highest BCUT2D eigenvalue weighted by Gasteiger charge is 2.04. The third kappa shape index (κ3) is 5.58. The zero-order chi connectivity index (χ0) is 18.1. The molecule has 2 aromatic carbocycles. The first-order chi connectivity index (χ1) is 12.1. The first-order valence-corrected chi connectivity index (χ1v) is 7.84. The van der Waals surface area contributed by atoms with Crippen LogP contribution in [-0.2, 0) is 27.4 Å². The molecule has 5 heteroatoms. The SMILES string of the molecule is COCc1ccccc1CNC(=O)/C=C/c1ccc(C(=O)OC)cc1. The molecule has 0 heterocycles. The molecule has 0 spiro atoms. The summed E-state index contributed by atoms with van der Waals surface area (Å²) < 4.78 is 9.80. The van der Waals surface area contributed by atoms with E-state index < -0.39 is 0 Å². The van der Waals surface area contributed by atoms with Gasteiger partial charge in [0.1, 0.15) is 0 Å². The van der Waals surface area contributed by atoms with Crippen molar-refractivity contribution in [3.63, 3.8) is 0 Å². The summed E-state index contributed by atoms with van der Waals surface area (Å²) in [4.78, 5) is 23.3. The second-order valence-corrected chi connectivity index (χ2v) is 5.37. The molecular formula is C20H21NO4. The molecule has 2 aromatic rings. The van der Waals surface area contributed by atoms with Crippen molar-refractivity contribution >= 4 is 18.0 Å². The van der Waals surface area contributed by atoms with Gasteiger partial charge in [0, 0.05) is 19.7 Å². The number of amides is 1. The Morgan fingerprint density at radius 2 is 1.68 bits per heavy atom. The Hall–Kier alpha value is -2.92. The minimum absolute atomic E-state index is 0.190. The number of nitrogens with one attached hydrogen (secondary N) is 1. The Balaban J connectivity index is 1.92. The lowest BCUT2D eigenvalue weighted by atomic mass is 10.1. The lowest BCUT2D eigenvalue weighted by Crippen LogP contribution is -2.21. The van der Waals surface area contributed by atoms with E-state index in [1.54, 1.807) is 37.5 Å². The van der Waals surface area contributed by atoms with Crippen molar-refractivity contribution in [2.75, 3.05) is 14.2 Å². The lowest BCUT2D eigenvalue weighted by Gasteiger charge is -2.09. The molecule has 0 fully saturated rings. The quantitative estimate of drug-likeness (QED) is 0.622. The molecule has 1 amide bonds. The molecular weight excluding hydrogens is 318 g/mol. The maximum atomic E-state index is 12.0. The summed E-state index contributed by atoms with van der Waals surface area (Å²) in [5, 5.41) is 2.85. The fourth-order valence-electron chi connectivity index (χ4n) is 2.29. The summed E-state index contributed by atoms with van der Waals surface area (Å²) in [6.45, 7) is 0.943. The minimum atomic E-state index is -0.386. The van der Waals surface area contributed by atoms with E-state index in [1.165, 1.54) is 13.2 Å². The van der Waals surface area contributed by atoms with Gasteiger partial charge in [-0.1, -0.05) is 36.4 Å². The van der Waals surface area contributed by atoms with Gasteiger partial charge in [-0.15, -0.1) is 0 Å². The molecule has 0 saturated carbocycles. The number of carbonyl (C=O) groups is 2. The van der Waals surface area contributed by atoms with Gasteiger partial charge in [-0.2, -0.15) is 0 Å². The Bertz CT molecular complexity index is 751. The minimum Gasteiger partial charge on any atom is -0.465 e. The van der Waals surface area contributed by atoms with Gasteiger partial charge in [-0.05, 0) is 34.9 Å². The van der Waals surface area contributed by atoms with Crippen LogP contribution in [0.3, 0.4) is 0 Å². The van der Waals surface area contributed by atoms with Gasteiger partial charge in [-0.25, -0.2) is 4.79 Å². The second-order valence-electron chi connectivity index (χ2n) is 5.37. The zero-order valence-electron chi connectivity index (χ0n) is 14.3. The highest BCUT2D eigenvalue weighted by molar-refractivity contribution is 5.92. The summed E-state index contributed by atoms with van der Waals surface area (Å²) in [5.74, 6) is -0.577. The average Bonchev–Trinajstić information content (AvgIpc) is 2.65. The second kappa shape index (κ2) is 9.39. The number of hydrogen-bond acceptors (Lipinski definition) is 4. The average molecular weight is 339 g/mol. The first kappa shape index (κ1) is 18.4. The van der Waals surface area contributed by atoms with Crippen LogP contribution in [0, 0.1) is 0 Å². The van der Waals surface area contributed by atoms with E-state index in [4.69, 9.17) is 4.74 Å². The Kier molecular flexibility index (Phi) is 6.92. The molecule has 0 radical (unpaired) electrons. The molecule has 1 N–H and O–H groups in total. The fourth-order valence-corrected chi connectivity index (χ4v) is 2.29. The largest absolute Gasteiger partial charge is 0.465 e. The first-order valence-electron chi connectivity index (χ1n) is 7.84. The van der Waals surface area contributed by atoms with Crippen LogP contribution in [0.1, 0.15) is 27.0 Å². The maximum Gasteiger partial charge on any atom is 0.337 e. The van der Waals surface area contributed by atoms with Crippen LogP contribution in [0.15, 0.2) is 54.6 Å². The van der Waals surface area contributed by atoms with Crippen LogP contribution in [0.5, 0.6) is 0 Å². The Labute approximate surface area is 147 Å². The topological polar surface area (TPSA) is 64.6 Å². The summed E-state index contributed by atoms with van der Waals surface area (Å²) in [5.41, 5.74) is 3.36. The number of ether oxygens (including phenoxy) is 2. The van der Waals surface area contributed by atoms with Crippen LogP contribution >= 0.6 is 0 Å². The summed E-state index contributed by atoms with van der Waals surface area (Å²) in [6, 6.07) is 14.6. The molecule has 0 aliphatic carbocycles. The number of rotatable bonds is 7. The highest BCUT2D eigenvalue weighted by atomic mass is 16.5. The van der Waals surface area contributed by atoms with Gasteiger partial charge in [0.25, 0.3) is 0 Å². The monoisotopic (exact) mass is 339 g/mol. The van der Waals surface area contributed by atoms with Crippen LogP contribution in [0.4, 0.5) is 0 Å². The van der Waals surface area contributed by atoms with E-state index >= 15 is 0 Å². The van der Waals surface area contributed by atoms with E-state index in [-0.39, 0.29) is 11.9 Å². The van der Waals surface area contributed by atoms with E-state index in [0.717, 1.165) is 16.7 Å². The van der Waals surface area contributed by atoms with Crippen molar-refractivity contribution in [3.8, 4) is 0 Å². The van der Waals surface area contributed by atoms with Gasteiger partial charge >= 0.3 is 5.97 Å². The molecule has 0 atom stereocenters. The number of methoxy groups -OCH3 is 2. The molecule has 0 aliphatic rings. The highest BCUT2D eigenvalue weighted by Crippen LogP contribution is 2.10. The van der Waals surface area contributed by atoms with Gasteiger partial charge in [0.2, 0.25) is 5.91 Å². The smallest absolute Gasteiger partial charge is 0.337 e. The number of hydrogen-bond donors (Lipinski definition) is 1. The predicted octanol–water partition coefficient (Wildman–Crippen LogP) is 2.95. The third-order valence-corrected chi connectivity index (χ3v) is 3.63.